The van der Waals surface area contributed by atoms with E-state index >= 15 is 0 Å². The molecule has 3 aromatic rings. The number of amides is 1. The van der Waals surface area contributed by atoms with Crippen molar-refractivity contribution in [2.24, 2.45) is 0 Å². The largest absolute Gasteiger partial charge is 0.462 e. The highest BCUT2D eigenvalue weighted by Crippen LogP contribution is 2.34. The van der Waals surface area contributed by atoms with Gasteiger partial charge in [0.1, 0.15) is 0 Å². The second kappa shape index (κ2) is 11.0. The molecular weight excluding hydrogens is 547 g/mol. The van der Waals surface area contributed by atoms with Crippen LogP contribution in [0, 0.1) is 0 Å². The number of rotatable bonds is 8. The van der Waals surface area contributed by atoms with E-state index in [9.17, 15) is 18.0 Å². The summed E-state index contributed by atoms with van der Waals surface area (Å²) in [5.41, 5.74) is -0.448. The molecule has 0 saturated carbocycles. The first-order valence-corrected chi connectivity index (χ1v) is 11.9. The molecule has 0 aliphatic carbocycles. The molecule has 0 fully saturated rings. The van der Waals surface area contributed by atoms with Crippen LogP contribution >= 0.6 is 27.5 Å². The Labute approximate surface area is 215 Å². The zero-order chi connectivity index (χ0) is 25.8. The van der Waals surface area contributed by atoms with E-state index in [1.54, 1.807) is 24.5 Å². The van der Waals surface area contributed by atoms with E-state index in [2.05, 4.69) is 31.2 Å². The van der Waals surface area contributed by atoms with Crippen LogP contribution in [0.1, 0.15) is 49.3 Å². The first kappa shape index (κ1) is 26.9. The smallest absolute Gasteiger partial charge is 0.416 e. The number of nitrogens with one attached hydrogen (secondary N) is 1. The molecule has 10 heteroatoms. The maximum atomic E-state index is 13.0. The molecule has 3 rings (SSSR count). The SMILES string of the molecule is CC(c1ccc(Cl)cc1)C(CNC(=O)C(C)(C)Oc1cc(C(F)(F)F)ccn1)c1cncc(Br)c1. The van der Waals surface area contributed by atoms with Gasteiger partial charge in [0.2, 0.25) is 5.88 Å². The van der Waals surface area contributed by atoms with Gasteiger partial charge in [0.15, 0.2) is 5.60 Å². The zero-order valence-electron chi connectivity index (χ0n) is 19.2. The van der Waals surface area contributed by atoms with E-state index < -0.39 is 23.2 Å². The number of benzene rings is 1. The second-order valence-electron chi connectivity index (χ2n) is 8.59. The van der Waals surface area contributed by atoms with Crippen molar-refractivity contribution in [3.8, 4) is 5.88 Å². The normalized spacial score (nSPS) is 13.7. The number of alkyl halides is 3. The summed E-state index contributed by atoms with van der Waals surface area (Å²) < 4.78 is 45.4. The Kier molecular flexibility index (Phi) is 8.43. The maximum Gasteiger partial charge on any atom is 0.416 e. The molecule has 0 aliphatic heterocycles. The minimum Gasteiger partial charge on any atom is -0.462 e. The highest BCUT2D eigenvalue weighted by atomic mass is 79.9. The van der Waals surface area contributed by atoms with E-state index in [-0.39, 0.29) is 24.3 Å². The second-order valence-corrected chi connectivity index (χ2v) is 9.94. The minimum absolute atomic E-state index is 0.0159. The van der Waals surface area contributed by atoms with E-state index in [1.807, 2.05) is 25.1 Å². The lowest BCUT2D eigenvalue weighted by molar-refractivity contribution is -0.138. The predicted octanol–water partition coefficient (Wildman–Crippen LogP) is 6.77. The van der Waals surface area contributed by atoms with Gasteiger partial charge in [-0.3, -0.25) is 9.78 Å². The van der Waals surface area contributed by atoms with Gasteiger partial charge in [-0.1, -0.05) is 30.7 Å². The molecule has 0 spiro atoms. The van der Waals surface area contributed by atoms with E-state index in [0.717, 1.165) is 33.9 Å². The number of pyridine rings is 2. The number of carbonyl (C=O) groups excluding carboxylic acids is 1. The first-order chi connectivity index (χ1) is 16.4. The Morgan fingerprint density at radius 3 is 2.43 bits per heavy atom. The Morgan fingerprint density at radius 2 is 1.80 bits per heavy atom. The van der Waals surface area contributed by atoms with Gasteiger partial charge >= 0.3 is 6.18 Å². The Balaban J connectivity index is 1.78. The topological polar surface area (TPSA) is 64.1 Å². The summed E-state index contributed by atoms with van der Waals surface area (Å²) >= 11 is 9.47. The molecule has 35 heavy (non-hydrogen) atoms. The fourth-order valence-corrected chi connectivity index (χ4v) is 4.09. The van der Waals surface area contributed by atoms with E-state index in [1.165, 1.54) is 13.8 Å². The molecular formula is C25H24BrClF3N3O2. The third kappa shape index (κ3) is 7.18. The van der Waals surface area contributed by atoms with Crippen molar-refractivity contribution in [3.63, 3.8) is 0 Å². The van der Waals surface area contributed by atoms with Crippen molar-refractivity contribution in [2.75, 3.05) is 6.54 Å². The molecule has 2 unspecified atom stereocenters. The fraction of sp³-hybridized carbons (Fsp3) is 0.320. The van der Waals surface area contributed by atoms with Crippen LogP contribution in [-0.4, -0.2) is 28.0 Å². The first-order valence-electron chi connectivity index (χ1n) is 10.7. The molecule has 2 atom stereocenters. The van der Waals surface area contributed by atoms with Gasteiger partial charge in [0.25, 0.3) is 5.91 Å². The summed E-state index contributed by atoms with van der Waals surface area (Å²) in [6, 6.07) is 11.0. The van der Waals surface area contributed by atoms with Gasteiger partial charge < -0.3 is 10.1 Å². The number of hydrogen-bond donors (Lipinski definition) is 1. The number of ether oxygens (including phenoxy) is 1. The fourth-order valence-electron chi connectivity index (χ4n) is 3.58. The average molecular weight is 571 g/mol. The Bertz CT molecular complexity index is 1170. The number of carbonyl (C=O) groups is 1. The predicted molar refractivity (Wildman–Crippen MR) is 132 cm³/mol. The number of nitrogens with zero attached hydrogens (tertiary/aromatic N) is 2. The molecule has 0 radical (unpaired) electrons. The van der Waals surface area contributed by atoms with Gasteiger partial charge in [-0.05, 0) is 71.1 Å². The third-order valence-electron chi connectivity index (χ3n) is 5.60. The average Bonchev–Trinajstić information content (AvgIpc) is 2.79. The summed E-state index contributed by atoms with van der Waals surface area (Å²) in [5.74, 6) is -0.958. The monoisotopic (exact) mass is 569 g/mol. The molecule has 5 nitrogen and oxygen atoms in total. The summed E-state index contributed by atoms with van der Waals surface area (Å²) in [7, 11) is 0. The van der Waals surface area contributed by atoms with Crippen molar-refractivity contribution >= 4 is 33.4 Å². The van der Waals surface area contributed by atoms with Gasteiger partial charge in [-0.15, -0.1) is 0 Å². The summed E-state index contributed by atoms with van der Waals surface area (Å²) in [6.07, 6.45) is -0.139. The molecule has 0 saturated heterocycles. The molecule has 0 aliphatic rings. The Hall–Kier alpha value is -2.65. The van der Waals surface area contributed by atoms with Gasteiger partial charge in [0.05, 0.1) is 5.56 Å². The van der Waals surface area contributed by atoms with Crippen LogP contribution in [0.5, 0.6) is 5.88 Å². The van der Waals surface area contributed by atoms with Crippen molar-refractivity contribution in [3.05, 3.63) is 87.2 Å². The van der Waals surface area contributed by atoms with Crippen LogP contribution in [0.3, 0.4) is 0 Å². The maximum absolute atomic E-state index is 13.0. The van der Waals surface area contributed by atoms with Crippen molar-refractivity contribution < 1.29 is 22.7 Å². The van der Waals surface area contributed by atoms with Crippen LogP contribution in [-0.2, 0) is 11.0 Å². The molecule has 186 valence electrons. The number of aromatic nitrogens is 2. The van der Waals surface area contributed by atoms with Crippen molar-refractivity contribution in [1.29, 1.82) is 0 Å². The quantitative estimate of drug-likeness (QED) is 0.325. The van der Waals surface area contributed by atoms with E-state index in [0.29, 0.717) is 5.02 Å². The van der Waals surface area contributed by atoms with Crippen LogP contribution in [0.4, 0.5) is 13.2 Å². The van der Waals surface area contributed by atoms with Gasteiger partial charge in [0, 0.05) is 46.6 Å². The molecule has 1 N–H and O–H groups in total. The van der Waals surface area contributed by atoms with Crippen LogP contribution in [0.2, 0.25) is 5.02 Å². The lowest BCUT2D eigenvalue weighted by Gasteiger charge is -2.29. The summed E-state index contributed by atoms with van der Waals surface area (Å²) in [4.78, 5) is 21.1. The molecule has 2 heterocycles. The molecule has 1 amide bonds. The summed E-state index contributed by atoms with van der Waals surface area (Å²) in [5, 5.41) is 3.51. The molecule has 0 bridgehead atoms. The number of hydrogen-bond acceptors (Lipinski definition) is 4. The lowest BCUT2D eigenvalue weighted by Crippen LogP contribution is -2.48. The third-order valence-corrected chi connectivity index (χ3v) is 6.29. The summed E-state index contributed by atoms with van der Waals surface area (Å²) in [6.45, 7) is 5.23. The van der Waals surface area contributed by atoms with Crippen molar-refractivity contribution in [1.82, 2.24) is 15.3 Å². The van der Waals surface area contributed by atoms with Crippen LogP contribution in [0.25, 0.3) is 0 Å². The van der Waals surface area contributed by atoms with Crippen molar-refractivity contribution in [2.45, 2.75) is 44.4 Å². The highest BCUT2D eigenvalue weighted by molar-refractivity contribution is 9.10. The number of halogens is 5. The zero-order valence-corrected chi connectivity index (χ0v) is 21.6. The van der Waals surface area contributed by atoms with E-state index in [4.69, 9.17) is 16.3 Å². The Morgan fingerprint density at radius 1 is 1.11 bits per heavy atom. The lowest BCUT2D eigenvalue weighted by atomic mass is 9.83. The molecule has 1 aromatic carbocycles. The van der Waals surface area contributed by atoms with Crippen LogP contribution < -0.4 is 10.1 Å². The highest BCUT2D eigenvalue weighted by Gasteiger charge is 2.34. The van der Waals surface area contributed by atoms with Crippen LogP contribution in [0.15, 0.2) is 65.5 Å². The standard InChI is InChI=1S/C25H24BrClF3N3O2/c1-15(16-4-6-20(27)7-5-16)21(17-10-19(26)13-31-12-17)14-33-23(34)24(2,3)35-22-11-18(8-9-32-22)25(28,29)30/h4-13,15,21H,14H2,1-3H3,(H,33,34). The minimum atomic E-state index is -4.55. The van der Waals surface area contributed by atoms with Gasteiger partial charge in [-0.25, -0.2) is 4.98 Å². The van der Waals surface area contributed by atoms with Gasteiger partial charge in [-0.2, -0.15) is 13.2 Å². The molecule has 2 aromatic heterocycles.